The van der Waals surface area contributed by atoms with E-state index in [-0.39, 0.29) is 12.0 Å². The third kappa shape index (κ3) is 3.59. The number of aliphatic hydroxyl groups is 1. The number of aromatic amines is 1. The molecule has 2 N–H and O–H groups in total. The van der Waals surface area contributed by atoms with E-state index >= 15 is 0 Å². The molecule has 2 aromatic carbocycles. The standard InChI is InChI=1S/C24H25N3O3/c28-20-5-1-2-6-21(20)30-22-7-3-4-18-15-27(24(29)23(18)22)14-16-8-10-17(11-9-16)19-12-25-26-13-19/h3-4,7-13,20-21,28H,1-2,5-6,14-15H2,(H,25,26)/t20-,21-/m0/s1. The van der Waals surface area contributed by atoms with E-state index in [1.165, 1.54) is 0 Å². The number of H-pyrrole nitrogens is 1. The number of carbonyl (C=O) groups excluding carboxylic acids is 1. The van der Waals surface area contributed by atoms with Gasteiger partial charge >= 0.3 is 0 Å². The summed E-state index contributed by atoms with van der Waals surface area (Å²) in [6.45, 7) is 1.12. The second-order valence-corrected chi connectivity index (χ2v) is 8.14. The van der Waals surface area contributed by atoms with Gasteiger partial charge in [0.2, 0.25) is 0 Å². The van der Waals surface area contributed by atoms with Crippen molar-refractivity contribution in [2.45, 2.75) is 51.0 Å². The molecule has 6 nitrogen and oxygen atoms in total. The molecular weight excluding hydrogens is 378 g/mol. The minimum Gasteiger partial charge on any atom is -0.487 e. The molecular formula is C24H25N3O3. The maximum absolute atomic E-state index is 13.2. The molecule has 0 unspecified atom stereocenters. The number of nitrogens with zero attached hydrogens (tertiary/aromatic N) is 2. The number of benzene rings is 2. The lowest BCUT2D eigenvalue weighted by Gasteiger charge is -2.28. The zero-order valence-electron chi connectivity index (χ0n) is 16.8. The van der Waals surface area contributed by atoms with Crippen LogP contribution in [0.3, 0.4) is 0 Å². The summed E-state index contributed by atoms with van der Waals surface area (Å²) < 4.78 is 6.13. The van der Waals surface area contributed by atoms with Gasteiger partial charge in [-0.05, 0) is 42.0 Å². The molecule has 6 heteroatoms. The first-order valence-electron chi connectivity index (χ1n) is 10.5. The van der Waals surface area contributed by atoms with Crippen molar-refractivity contribution in [2.75, 3.05) is 0 Å². The van der Waals surface area contributed by atoms with Crippen LogP contribution in [0, 0.1) is 0 Å². The molecule has 30 heavy (non-hydrogen) atoms. The molecule has 0 spiro atoms. The van der Waals surface area contributed by atoms with Crippen LogP contribution >= 0.6 is 0 Å². The number of hydrogen-bond donors (Lipinski definition) is 2. The van der Waals surface area contributed by atoms with Gasteiger partial charge in [-0.3, -0.25) is 9.89 Å². The summed E-state index contributed by atoms with van der Waals surface area (Å²) in [6.07, 6.45) is 6.62. The lowest BCUT2D eigenvalue weighted by atomic mass is 9.94. The van der Waals surface area contributed by atoms with E-state index in [1.807, 2.05) is 53.6 Å². The van der Waals surface area contributed by atoms with Crippen molar-refractivity contribution in [3.63, 3.8) is 0 Å². The van der Waals surface area contributed by atoms with Gasteiger partial charge < -0.3 is 14.7 Å². The first-order valence-corrected chi connectivity index (χ1v) is 10.5. The van der Waals surface area contributed by atoms with Gasteiger partial charge in [0.05, 0.1) is 17.9 Å². The molecule has 2 heterocycles. The molecule has 2 atom stereocenters. The highest BCUT2D eigenvalue weighted by molar-refractivity contribution is 6.01. The number of aromatic nitrogens is 2. The van der Waals surface area contributed by atoms with Crippen LogP contribution in [0.4, 0.5) is 0 Å². The number of amides is 1. The second kappa shape index (κ2) is 7.95. The summed E-state index contributed by atoms with van der Waals surface area (Å²) in [5, 5.41) is 17.1. The van der Waals surface area contributed by atoms with Crippen LogP contribution in [0.2, 0.25) is 0 Å². The van der Waals surface area contributed by atoms with Gasteiger partial charge in [0.1, 0.15) is 11.9 Å². The van der Waals surface area contributed by atoms with Crippen LogP contribution < -0.4 is 4.74 Å². The molecule has 154 valence electrons. The predicted octanol–water partition coefficient (Wildman–Crippen LogP) is 3.92. The van der Waals surface area contributed by atoms with Crippen LogP contribution in [-0.4, -0.2) is 38.3 Å². The fourth-order valence-corrected chi connectivity index (χ4v) is 4.42. The summed E-state index contributed by atoms with van der Waals surface area (Å²) in [7, 11) is 0. The van der Waals surface area contributed by atoms with Gasteiger partial charge in [0, 0.05) is 24.8 Å². The van der Waals surface area contributed by atoms with Crippen LogP contribution in [0.1, 0.15) is 47.2 Å². The van der Waals surface area contributed by atoms with E-state index in [2.05, 4.69) is 10.2 Å². The molecule has 1 aliphatic heterocycles. The molecule has 1 saturated carbocycles. The molecule has 1 amide bonds. The minimum atomic E-state index is -0.462. The van der Waals surface area contributed by atoms with E-state index in [4.69, 9.17) is 4.74 Å². The zero-order chi connectivity index (χ0) is 20.5. The van der Waals surface area contributed by atoms with Crippen molar-refractivity contribution in [3.8, 4) is 16.9 Å². The van der Waals surface area contributed by atoms with Crippen molar-refractivity contribution in [1.82, 2.24) is 15.1 Å². The maximum Gasteiger partial charge on any atom is 0.258 e. The third-order valence-electron chi connectivity index (χ3n) is 6.08. The summed E-state index contributed by atoms with van der Waals surface area (Å²) in [6, 6.07) is 14.0. The van der Waals surface area contributed by atoms with Crippen molar-refractivity contribution < 1.29 is 14.6 Å². The van der Waals surface area contributed by atoms with Gasteiger partial charge in [-0.15, -0.1) is 0 Å². The average Bonchev–Trinajstić information content (AvgIpc) is 3.40. The Morgan fingerprint density at radius 1 is 1.10 bits per heavy atom. The number of hydrogen-bond acceptors (Lipinski definition) is 4. The number of rotatable bonds is 5. The normalized spacial score (nSPS) is 21.0. The Labute approximate surface area is 175 Å². The number of carbonyl (C=O) groups is 1. The highest BCUT2D eigenvalue weighted by Crippen LogP contribution is 2.34. The number of aliphatic hydroxyl groups excluding tert-OH is 1. The summed E-state index contributed by atoms with van der Waals surface area (Å²) in [5.74, 6) is 0.589. The van der Waals surface area contributed by atoms with Crippen LogP contribution in [0.25, 0.3) is 11.1 Å². The molecule has 0 radical (unpaired) electrons. The van der Waals surface area contributed by atoms with Crippen LogP contribution in [0.15, 0.2) is 54.9 Å². The molecule has 3 aromatic rings. The molecule has 1 aromatic heterocycles. The van der Waals surface area contributed by atoms with Crippen molar-refractivity contribution in [2.24, 2.45) is 0 Å². The topological polar surface area (TPSA) is 78.5 Å². The highest BCUT2D eigenvalue weighted by atomic mass is 16.5. The Kier molecular flexibility index (Phi) is 5.01. The lowest BCUT2D eigenvalue weighted by Crippen LogP contribution is -2.35. The van der Waals surface area contributed by atoms with E-state index in [9.17, 15) is 9.90 Å². The van der Waals surface area contributed by atoms with Gasteiger partial charge in [-0.1, -0.05) is 42.8 Å². The van der Waals surface area contributed by atoms with Gasteiger partial charge in [-0.25, -0.2) is 0 Å². The van der Waals surface area contributed by atoms with Crippen molar-refractivity contribution >= 4 is 5.91 Å². The lowest BCUT2D eigenvalue weighted by molar-refractivity contribution is 0.00636. The maximum atomic E-state index is 13.2. The number of fused-ring (bicyclic) bond motifs is 1. The molecule has 1 fully saturated rings. The Hall–Kier alpha value is -3.12. The van der Waals surface area contributed by atoms with Gasteiger partial charge in [0.25, 0.3) is 5.91 Å². The summed E-state index contributed by atoms with van der Waals surface area (Å²) in [5.41, 5.74) is 4.83. The summed E-state index contributed by atoms with van der Waals surface area (Å²) in [4.78, 5) is 15.0. The van der Waals surface area contributed by atoms with E-state index in [1.54, 1.807) is 6.20 Å². The SMILES string of the molecule is O=C1c2c(cccc2O[C@H]2CCCC[C@@H]2O)CN1Cc1ccc(-c2cn[nH]c2)cc1. The zero-order valence-corrected chi connectivity index (χ0v) is 16.8. The van der Waals surface area contributed by atoms with Gasteiger partial charge in [-0.2, -0.15) is 5.10 Å². The Balaban J connectivity index is 1.31. The first-order chi connectivity index (χ1) is 14.7. The number of ether oxygens (including phenoxy) is 1. The smallest absolute Gasteiger partial charge is 0.258 e. The molecule has 0 saturated heterocycles. The quantitative estimate of drug-likeness (QED) is 0.677. The largest absolute Gasteiger partial charge is 0.487 e. The van der Waals surface area contributed by atoms with Crippen molar-refractivity contribution in [3.05, 3.63) is 71.5 Å². The third-order valence-corrected chi connectivity index (χ3v) is 6.08. The van der Waals surface area contributed by atoms with E-state index in [0.717, 1.165) is 47.9 Å². The van der Waals surface area contributed by atoms with E-state index < -0.39 is 6.10 Å². The minimum absolute atomic E-state index is 0.00943. The Bertz CT molecular complexity index is 1030. The molecule has 1 aliphatic carbocycles. The summed E-state index contributed by atoms with van der Waals surface area (Å²) >= 11 is 0. The molecule has 2 aliphatic rings. The fraction of sp³-hybridized carbons (Fsp3) is 0.333. The van der Waals surface area contributed by atoms with Crippen LogP contribution in [-0.2, 0) is 13.1 Å². The van der Waals surface area contributed by atoms with Crippen LogP contribution in [0.5, 0.6) is 5.75 Å². The number of nitrogens with one attached hydrogen (secondary N) is 1. The molecule has 0 bridgehead atoms. The highest BCUT2D eigenvalue weighted by Gasteiger charge is 2.33. The van der Waals surface area contributed by atoms with Crippen molar-refractivity contribution in [1.29, 1.82) is 0 Å². The second-order valence-electron chi connectivity index (χ2n) is 8.14. The fourth-order valence-electron chi connectivity index (χ4n) is 4.42. The average molecular weight is 403 g/mol. The Morgan fingerprint density at radius 3 is 2.70 bits per heavy atom. The van der Waals surface area contributed by atoms with E-state index in [0.29, 0.717) is 24.4 Å². The first kappa shape index (κ1) is 18.9. The molecule has 5 rings (SSSR count). The monoisotopic (exact) mass is 403 g/mol. The predicted molar refractivity (Wildman–Crippen MR) is 113 cm³/mol. The van der Waals surface area contributed by atoms with Gasteiger partial charge in [0.15, 0.2) is 0 Å². The Morgan fingerprint density at radius 2 is 1.93 bits per heavy atom.